The van der Waals surface area contributed by atoms with Crippen LogP contribution in [0.4, 0.5) is 5.69 Å². The first-order chi connectivity index (χ1) is 5.75. The minimum Gasteiger partial charge on any atom is -0.346 e. The maximum Gasteiger partial charge on any atom is 0.0864 e. The number of anilines is 1. The van der Waals surface area contributed by atoms with Gasteiger partial charge in [-0.1, -0.05) is 18.2 Å². The van der Waals surface area contributed by atoms with Gasteiger partial charge >= 0.3 is 0 Å². The second-order valence-electron chi connectivity index (χ2n) is 2.80. The molecule has 0 bridgehead atoms. The van der Waals surface area contributed by atoms with Crippen LogP contribution >= 0.6 is 0 Å². The van der Waals surface area contributed by atoms with Crippen molar-refractivity contribution < 1.29 is 0 Å². The molecule has 0 saturated heterocycles. The van der Waals surface area contributed by atoms with E-state index in [9.17, 15) is 0 Å². The number of aryl methyl sites for hydroxylation is 2. The van der Waals surface area contributed by atoms with Gasteiger partial charge in [0, 0.05) is 12.7 Å². The van der Waals surface area contributed by atoms with E-state index in [2.05, 4.69) is 42.4 Å². The van der Waals surface area contributed by atoms with Crippen molar-refractivity contribution in [2.75, 3.05) is 12.4 Å². The molecule has 0 heterocycles. The predicted molar refractivity (Wildman–Crippen MR) is 54.0 cm³/mol. The Morgan fingerprint density at radius 3 is 2.33 bits per heavy atom. The van der Waals surface area contributed by atoms with Crippen molar-refractivity contribution in [3.63, 3.8) is 0 Å². The first-order valence-corrected chi connectivity index (χ1v) is 3.99. The summed E-state index contributed by atoms with van der Waals surface area (Å²) in [5.41, 5.74) is 3.65. The third kappa shape index (κ3) is 1.84. The highest BCUT2D eigenvalue weighted by Gasteiger charge is 1.97. The number of para-hydroxylation sites is 1. The molecule has 1 aromatic rings. The molecule has 1 N–H and O–H groups in total. The molecule has 1 aromatic carbocycles. The van der Waals surface area contributed by atoms with Gasteiger partial charge in [-0.2, -0.15) is 0 Å². The maximum absolute atomic E-state index is 3.88. The summed E-state index contributed by atoms with van der Waals surface area (Å²) in [7, 11) is 1.75. The van der Waals surface area contributed by atoms with Gasteiger partial charge in [0.05, 0.1) is 6.34 Å². The van der Waals surface area contributed by atoms with Crippen LogP contribution in [0.2, 0.25) is 0 Å². The Hall–Kier alpha value is -1.31. The molecule has 0 atom stereocenters. The molecular weight excluding hydrogens is 148 g/mol. The molecule has 2 nitrogen and oxygen atoms in total. The fourth-order valence-electron chi connectivity index (χ4n) is 1.17. The van der Waals surface area contributed by atoms with Gasteiger partial charge in [-0.05, 0) is 25.0 Å². The van der Waals surface area contributed by atoms with Crippen LogP contribution in [-0.4, -0.2) is 13.4 Å². The molecular formula is C10H14N2. The molecule has 0 radical (unpaired) electrons. The predicted octanol–water partition coefficient (Wildman–Crippen LogP) is 2.37. The summed E-state index contributed by atoms with van der Waals surface area (Å²) in [5.74, 6) is 0. The molecule has 0 fully saturated rings. The average molecular weight is 162 g/mol. The highest BCUT2D eigenvalue weighted by molar-refractivity contribution is 5.78. The van der Waals surface area contributed by atoms with Gasteiger partial charge in [-0.3, -0.25) is 4.99 Å². The number of aliphatic imine (C=N–C) groups is 1. The van der Waals surface area contributed by atoms with Gasteiger partial charge in [-0.25, -0.2) is 0 Å². The third-order valence-electron chi connectivity index (χ3n) is 1.82. The zero-order chi connectivity index (χ0) is 8.97. The number of hydrogen-bond donors (Lipinski definition) is 1. The molecule has 12 heavy (non-hydrogen) atoms. The average Bonchev–Trinajstić information content (AvgIpc) is 2.04. The number of benzene rings is 1. The highest BCUT2D eigenvalue weighted by atomic mass is 14.9. The summed E-state index contributed by atoms with van der Waals surface area (Å²) in [5, 5.41) is 3.14. The summed E-state index contributed by atoms with van der Waals surface area (Å²) in [6.45, 7) is 4.16. The fraction of sp³-hybridized carbons (Fsp3) is 0.300. The van der Waals surface area contributed by atoms with E-state index in [1.807, 2.05) is 0 Å². The smallest absolute Gasteiger partial charge is 0.0864 e. The van der Waals surface area contributed by atoms with Crippen LogP contribution < -0.4 is 5.32 Å². The van der Waals surface area contributed by atoms with E-state index in [-0.39, 0.29) is 0 Å². The fourth-order valence-corrected chi connectivity index (χ4v) is 1.17. The summed E-state index contributed by atoms with van der Waals surface area (Å²) < 4.78 is 0. The van der Waals surface area contributed by atoms with Crippen molar-refractivity contribution in [1.82, 2.24) is 0 Å². The molecule has 0 amide bonds. The topological polar surface area (TPSA) is 24.4 Å². The molecule has 0 aliphatic carbocycles. The van der Waals surface area contributed by atoms with Crippen molar-refractivity contribution in [1.29, 1.82) is 0 Å². The van der Waals surface area contributed by atoms with Crippen molar-refractivity contribution in [3.05, 3.63) is 29.3 Å². The van der Waals surface area contributed by atoms with Crippen molar-refractivity contribution in [3.8, 4) is 0 Å². The molecule has 64 valence electrons. The van der Waals surface area contributed by atoms with E-state index in [1.165, 1.54) is 11.1 Å². The third-order valence-corrected chi connectivity index (χ3v) is 1.82. The number of hydrogen-bond acceptors (Lipinski definition) is 1. The second-order valence-corrected chi connectivity index (χ2v) is 2.80. The molecule has 0 unspecified atom stereocenters. The van der Waals surface area contributed by atoms with E-state index >= 15 is 0 Å². The quantitative estimate of drug-likeness (QED) is 0.524. The zero-order valence-electron chi connectivity index (χ0n) is 7.76. The lowest BCUT2D eigenvalue weighted by Crippen LogP contribution is -1.98. The lowest BCUT2D eigenvalue weighted by atomic mass is 10.1. The number of nitrogens with zero attached hydrogens (tertiary/aromatic N) is 1. The molecule has 0 aliphatic heterocycles. The highest BCUT2D eigenvalue weighted by Crippen LogP contribution is 2.18. The molecule has 0 spiro atoms. The Kier molecular flexibility index (Phi) is 2.86. The van der Waals surface area contributed by atoms with Gasteiger partial charge in [0.1, 0.15) is 0 Å². The minimum atomic E-state index is 1.16. The molecule has 0 saturated carbocycles. The van der Waals surface area contributed by atoms with Gasteiger partial charge in [0.2, 0.25) is 0 Å². The van der Waals surface area contributed by atoms with Crippen LogP contribution in [0.5, 0.6) is 0 Å². The van der Waals surface area contributed by atoms with Crippen LogP contribution in [-0.2, 0) is 0 Å². The Labute approximate surface area is 73.3 Å². The number of rotatable bonds is 2. The maximum atomic E-state index is 3.88. The van der Waals surface area contributed by atoms with Gasteiger partial charge in [-0.15, -0.1) is 0 Å². The normalized spacial score (nSPS) is 10.6. The first-order valence-electron chi connectivity index (χ1n) is 3.99. The lowest BCUT2D eigenvalue weighted by molar-refractivity contribution is 1.37. The largest absolute Gasteiger partial charge is 0.346 e. The van der Waals surface area contributed by atoms with Gasteiger partial charge in [0.15, 0.2) is 0 Å². The van der Waals surface area contributed by atoms with Crippen LogP contribution in [0.15, 0.2) is 23.2 Å². The second kappa shape index (κ2) is 3.90. The summed E-state index contributed by atoms with van der Waals surface area (Å²) in [6.07, 6.45) is 1.70. The zero-order valence-corrected chi connectivity index (χ0v) is 7.76. The summed E-state index contributed by atoms with van der Waals surface area (Å²) >= 11 is 0. The van der Waals surface area contributed by atoms with Crippen LogP contribution in [0.25, 0.3) is 0 Å². The van der Waals surface area contributed by atoms with E-state index in [4.69, 9.17) is 0 Å². The molecule has 0 aromatic heterocycles. The Balaban J connectivity index is 2.96. The van der Waals surface area contributed by atoms with E-state index in [0.717, 1.165) is 5.69 Å². The van der Waals surface area contributed by atoms with Crippen LogP contribution in [0.1, 0.15) is 11.1 Å². The Morgan fingerprint density at radius 2 is 1.83 bits per heavy atom. The lowest BCUT2D eigenvalue weighted by Gasteiger charge is -2.07. The van der Waals surface area contributed by atoms with Gasteiger partial charge in [0.25, 0.3) is 0 Å². The standard InChI is InChI=1S/C10H14N2/c1-8-5-4-6-9(2)10(8)12-7-11-3/h4-7H,1-3H3,(H,11,12). The van der Waals surface area contributed by atoms with Crippen molar-refractivity contribution in [2.45, 2.75) is 13.8 Å². The van der Waals surface area contributed by atoms with Crippen molar-refractivity contribution >= 4 is 12.0 Å². The van der Waals surface area contributed by atoms with Crippen LogP contribution in [0, 0.1) is 13.8 Å². The molecule has 2 heteroatoms. The van der Waals surface area contributed by atoms with E-state index in [1.54, 1.807) is 13.4 Å². The van der Waals surface area contributed by atoms with Gasteiger partial charge < -0.3 is 5.32 Å². The summed E-state index contributed by atoms with van der Waals surface area (Å²) in [4.78, 5) is 3.88. The molecule has 0 aliphatic rings. The SMILES string of the molecule is CN=CNc1c(C)cccc1C. The van der Waals surface area contributed by atoms with Crippen LogP contribution in [0.3, 0.4) is 0 Å². The first kappa shape index (κ1) is 8.78. The van der Waals surface area contributed by atoms with E-state index < -0.39 is 0 Å². The van der Waals surface area contributed by atoms with E-state index in [0.29, 0.717) is 0 Å². The Morgan fingerprint density at radius 1 is 1.25 bits per heavy atom. The Bertz CT molecular complexity index is 270. The van der Waals surface area contributed by atoms with Crippen molar-refractivity contribution in [2.24, 2.45) is 4.99 Å². The number of nitrogens with one attached hydrogen (secondary N) is 1. The monoisotopic (exact) mass is 162 g/mol. The molecule has 1 rings (SSSR count). The summed E-state index contributed by atoms with van der Waals surface area (Å²) in [6, 6.07) is 6.22. The minimum absolute atomic E-state index is 1.16.